The van der Waals surface area contributed by atoms with Gasteiger partial charge >= 0.3 is 22.3 Å². The summed E-state index contributed by atoms with van der Waals surface area (Å²) in [6.45, 7) is 28.9. The van der Waals surface area contributed by atoms with E-state index >= 15 is 0 Å². The lowest BCUT2D eigenvalue weighted by Crippen LogP contribution is -2.61. The number of methoxy groups -OCH3 is 1. The largest absolute Gasteiger partial charge is 0.494 e. The summed E-state index contributed by atoms with van der Waals surface area (Å²) in [4.78, 5) is 45.3. The molecule has 18 atom stereocenters. The third-order valence-electron chi connectivity index (χ3n) is 18.7. The maximum atomic E-state index is 14.2. The van der Waals surface area contributed by atoms with Crippen LogP contribution < -0.4 is 9.47 Å². The predicted octanol–water partition coefficient (Wildman–Crippen LogP) is 9.86. The minimum absolute atomic E-state index is 0. The van der Waals surface area contributed by atoms with Crippen molar-refractivity contribution in [3.63, 3.8) is 0 Å². The van der Waals surface area contributed by atoms with Crippen molar-refractivity contribution in [1.82, 2.24) is 9.80 Å². The van der Waals surface area contributed by atoms with Crippen LogP contribution >= 0.6 is 12.4 Å². The zero-order valence-electron chi connectivity index (χ0n) is 59.8. The molecule has 4 saturated heterocycles. The molecule has 0 aromatic heterocycles. The molecule has 0 bridgehead atoms. The Morgan fingerprint density at radius 3 is 1.80 bits per heavy atom. The van der Waals surface area contributed by atoms with Crippen LogP contribution in [-0.4, -0.2) is 219 Å². The number of halogens is 1. The SMILES string of the molecule is CCC(=O)OC1C(OC2C(C)C(OC3CC(C)(OC)C(O)C(C)O3)C(C)C(=O)OC(CC)C(C)(O)C(O)C(C)C(=O)C(C)CC2(C)O)OC(C)CC1N(C)C.CCCCCCCCCCCCOS(=O)(=O)O.CCCCOc1ccc(OCCCN2CCOCC2)cc1.Cl. The zero-order valence-corrected chi connectivity index (χ0v) is 61.5. The first kappa shape index (κ1) is 87.2. The van der Waals surface area contributed by atoms with E-state index in [0.717, 1.165) is 89.7 Å². The van der Waals surface area contributed by atoms with Gasteiger partial charge in [-0.15, -0.1) is 12.4 Å². The number of ketones is 1. The van der Waals surface area contributed by atoms with Gasteiger partial charge in [0.25, 0.3) is 0 Å². The minimum Gasteiger partial charge on any atom is -0.494 e. The normalized spacial score (nSPS) is 33.1. The van der Waals surface area contributed by atoms with Gasteiger partial charge in [-0.2, -0.15) is 8.42 Å². The number of aliphatic hydroxyl groups excluding tert-OH is 2. The van der Waals surface area contributed by atoms with E-state index < -0.39 is 124 Å². The van der Waals surface area contributed by atoms with Gasteiger partial charge in [0, 0.05) is 57.3 Å². The molecule has 1 aromatic carbocycles. The molecule has 5 N–H and O–H groups in total. The number of hydrogen-bond donors (Lipinski definition) is 5. The number of hydrogen-bond acceptors (Lipinski definition) is 22. The van der Waals surface area contributed by atoms with E-state index in [1.165, 1.54) is 72.8 Å². The molecule has 18 unspecified atom stereocenters. The maximum absolute atomic E-state index is 14.2. The van der Waals surface area contributed by atoms with Gasteiger partial charge in [-0.1, -0.05) is 113 Å². The summed E-state index contributed by atoms with van der Waals surface area (Å²) in [7, 11) is 0.973. The molecule has 4 aliphatic heterocycles. The highest BCUT2D eigenvalue weighted by molar-refractivity contribution is 7.80. The fraction of sp³-hybridized carbons (Fsp3) is 0.870. The van der Waals surface area contributed by atoms with E-state index in [1.807, 2.05) is 50.2 Å². The van der Waals surface area contributed by atoms with Crippen LogP contribution in [0.25, 0.3) is 0 Å². The molecule has 0 amide bonds. The highest BCUT2D eigenvalue weighted by atomic mass is 35.5. The van der Waals surface area contributed by atoms with Crippen molar-refractivity contribution in [3.05, 3.63) is 24.3 Å². The van der Waals surface area contributed by atoms with Crippen LogP contribution in [0, 0.1) is 23.7 Å². The van der Waals surface area contributed by atoms with Crippen molar-refractivity contribution in [2.45, 2.75) is 290 Å². The third kappa shape index (κ3) is 29.1. The van der Waals surface area contributed by atoms with Gasteiger partial charge in [-0.3, -0.25) is 23.8 Å². The molecule has 5 rings (SSSR count). The lowest BCUT2D eigenvalue weighted by molar-refractivity contribution is -0.319. The molecule has 4 aliphatic rings. The fourth-order valence-electron chi connectivity index (χ4n) is 12.8. The van der Waals surface area contributed by atoms with E-state index in [9.17, 15) is 43.2 Å². The monoisotopic (exact) mass is 1380 g/mol. The second-order valence-corrected chi connectivity index (χ2v) is 28.1. The van der Waals surface area contributed by atoms with Crippen LogP contribution in [0.3, 0.4) is 0 Å². The van der Waals surface area contributed by atoms with Gasteiger partial charge in [0.15, 0.2) is 18.7 Å². The summed E-state index contributed by atoms with van der Waals surface area (Å²) >= 11 is 0. The van der Waals surface area contributed by atoms with E-state index in [4.69, 9.17) is 51.9 Å². The van der Waals surface area contributed by atoms with E-state index in [-0.39, 0.29) is 56.8 Å². The van der Waals surface area contributed by atoms with Crippen molar-refractivity contribution >= 4 is 40.5 Å². The van der Waals surface area contributed by atoms with Crippen LogP contribution in [0.2, 0.25) is 0 Å². The number of aliphatic hydroxyl groups is 4. The van der Waals surface area contributed by atoms with Crippen LogP contribution in [0.1, 0.15) is 206 Å². The van der Waals surface area contributed by atoms with Crippen molar-refractivity contribution in [2.75, 3.05) is 73.9 Å². The molecule has 4 fully saturated rings. The Balaban J connectivity index is 0.000000624. The molecule has 0 aliphatic carbocycles. The van der Waals surface area contributed by atoms with Crippen LogP contribution in [-0.2, 0) is 66.9 Å². The average molecular weight is 1390 g/mol. The molecule has 25 heteroatoms. The van der Waals surface area contributed by atoms with E-state index in [1.54, 1.807) is 48.5 Å². The van der Waals surface area contributed by atoms with Gasteiger partial charge < -0.3 is 72.7 Å². The Hall–Kier alpha value is -2.89. The van der Waals surface area contributed by atoms with Gasteiger partial charge in [0.1, 0.15) is 35.1 Å². The van der Waals surface area contributed by atoms with E-state index in [0.29, 0.717) is 12.8 Å². The quantitative estimate of drug-likeness (QED) is 0.0272. The first-order valence-corrected chi connectivity index (χ1v) is 36.0. The molecular formula is C69H125ClN2O21S. The van der Waals surface area contributed by atoms with Gasteiger partial charge in [-0.05, 0) is 118 Å². The standard InChI is InChI=1S/C40H71NO14.C17H27NO3.C12H26O4S.ClH/c1-15-27-40(11,48)33(44)22(5)30(43)20(3)18-38(9,47)35(55-37-32(53-28(42)16-2)26(41(12)13)17-21(4)50-37)23(6)31(24(7)36(46)52-27)54-29-19-39(10,49-14)34(45)25(8)51-29;1-2-3-12-20-16-5-7-17(8-6-16)21-13-4-9-18-10-14-19-15-11-18;1-2-3-4-5-6-7-8-9-10-11-12-16-17(13,14)15;/h20-27,29,31-35,37,44-45,47-48H,15-19H2,1-14H3;5-8H,2-4,9-15H2,1H3;2-12H2,1H3,(H,13,14,15);1H. The summed E-state index contributed by atoms with van der Waals surface area (Å²) in [5.41, 5.74) is -4.92. The number of benzene rings is 1. The number of rotatable bonds is 30. The predicted molar refractivity (Wildman–Crippen MR) is 361 cm³/mol. The molecule has 550 valence electrons. The Morgan fingerprint density at radius 2 is 1.28 bits per heavy atom. The number of carbonyl (C=O) groups excluding carboxylic acids is 3. The highest BCUT2D eigenvalue weighted by Crippen LogP contribution is 2.41. The molecule has 0 spiro atoms. The van der Waals surface area contributed by atoms with Gasteiger partial charge in [0.05, 0.1) is 86.7 Å². The summed E-state index contributed by atoms with van der Waals surface area (Å²) in [5.74, 6) is -3.75. The molecule has 4 heterocycles. The number of ether oxygens (including phenoxy) is 10. The Bertz CT molecular complexity index is 2370. The lowest BCUT2D eigenvalue weighted by Gasteiger charge is -2.49. The number of nitrogens with zero attached hydrogens (tertiary/aromatic N) is 2. The number of esters is 2. The molecule has 0 saturated carbocycles. The van der Waals surface area contributed by atoms with Crippen LogP contribution in [0.15, 0.2) is 24.3 Å². The summed E-state index contributed by atoms with van der Waals surface area (Å²) < 4.78 is 93.3. The summed E-state index contributed by atoms with van der Waals surface area (Å²) in [6.07, 6.45) is 5.48. The Morgan fingerprint density at radius 1 is 0.723 bits per heavy atom. The van der Waals surface area contributed by atoms with Crippen LogP contribution in [0.5, 0.6) is 11.5 Å². The smallest absolute Gasteiger partial charge is 0.397 e. The second kappa shape index (κ2) is 43.6. The zero-order chi connectivity index (χ0) is 69.7. The second-order valence-electron chi connectivity index (χ2n) is 27.1. The van der Waals surface area contributed by atoms with Gasteiger partial charge in [0.2, 0.25) is 0 Å². The highest BCUT2D eigenvalue weighted by Gasteiger charge is 2.54. The summed E-state index contributed by atoms with van der Waals surface area (Å²) in [5, 5.41) is 46.6. The van der Waals surface area contributed by atoms with Crippen molar-refractivity contribution in [1.29, 1.82) is 0 Å². The molecule has 0 radical (unpaired) electrons. The molecule has 94 heavy (non-hydrogen) atoms. The van der Waals surface area contributed by atoms with Crippen molar-refractivity contribution in [2.24, 2.45) is 23.7 Å². The number of Topliss-reactive ketones (excluding diaryl/α,β-unsaturated/α-hetero) is 1. The lowest BCUT2D eigenvalue weighted by atomic mass is 9.74. The molecule has 23 nitrogen and oxygen atoms in total. The number of carbonyl (C=O) groups is 3. The van der Waals surface area contributed by atoms with Gasteiger partial charge in [-0.25, -0.2) is 4.18 Å². The first-order chi connectivity index (χ1) is 43.8. The maximum Gasteiger partial charge on any atom is 0.397 e. The number of cyclic esters (lactones) is 1. The number of unbranched alkanes of at least 4 members (excludes halogenated alkanes) is 10. The fourth-order valence-corrected chi connectivity index (χ4v) is 13.1. The summed E-state index contributed by atoms with van der Waals surface area (Å²) in [6, 6.07) is 7.60. The minimum atomic E-state index is -4.23. The molecular weight excluding hydrogens is 1260 g/mol. The Labute approximate surface area is 570 Å². The molecule has 1 aromatic rings. The number of likely N-dealkylation sites (N-methyl/N-ethyl adjacent to an activating group) is 1. The van der Waals surface area contributed by atoms with Crippen molar-refractivity contribution < 1.29 is 99.3 Å². The number of morpholine rings is 1. The van der Waals surface area contributed by atoms with E-state index in [2.05, 4.69) is 22.9 Å². The van der Waals surface area contributed by atoms with Crippen molar-refractivity contribution in [3.8, 4) is 11.5 Å². The average Bonchev–Trinajstić information content (AvgIpc) is 0.781. The third-order valence-corrected chi connectivity index (χ3v) is 19.1. The Kier molecular flexibility index (Phi) is 40.4. The first-order valence-electron chi connectivity index (χ1n) is 34.7. The van der Waals surface area contributed by atoms with Crippen LogP contribution in [0.4, 0.5) is 0 Å². The topological polar surface area (TPSA) is 295 Å².